The molecule has 0 aliphatic carbocycles. The van der Waals surface area contributed by atoms with Crippen LogP contribution in [0.25, 0.3) is 0 Å². The first-order valence-electron chi connectivity index (χ1n) is 7.18. The van der Waals surface area contributed by atoms with E-state index in [4.69, 9.17) is 4.74 Å². The normalized spacial score (nSPS) is 24.5. The summed E-state index contributed by atoms with van der Waals surface area (Å²) in [6.07, 6.45) is 6.94. The number of nitrogens with zero attached hydrogens (tertiary/aromatic N) is 1. The van der Waals surface area contributed by atoms with E-state index in [9.17, 15) is 0 Å². The van der Waals surface area contributed by atoms with Gasteiger partial charge in [0, 0.05) is 19.7 Å². The van der Waals surface area contributed by atoms with Gasteiger partial charge in [-0.25, -0.2) is 0 Å². The van der Waals surface area contributed by atoms with Crippen LogP contribution in [0.4, 0.5) is 0 Å². The van der Waals surface area contributed by atoms with Crippen LogP contribution in [0.15, 0.2) is 0 Å². The van der Waals surface area contributed by atoms with Gasteiger partial charge in [-0.2, -0.15) is 0 Å². The predicted octanol–water partition coefficient (Wildman–Crippen LogP) is 2.12. The molecule has 0 spiro atoms. The topological polar surface area (TPSA) is 24.5 Å². The minimum atomic E-state index is 0.475. The number of methoxy groups -OCH3 is 1. The fourth-order valence-corrected chi connectivity index (χ4v) is 2.84. The van der Waals surface area contributed by atoms with E-state index in [1.807, 2.05) is 7.05 Å². The highest BCUT2D eigenvalue weighted by Gasteiger charge is 2.18. The second kappa shape index (κ2) is 8.90. The molecule has 1 rings (SSSR count). The summed E-state index contributed by atoms with van der Waals surface area (Å²) in [6.45, 7) is 6.78. The number of ether oxygens (including phenoxy) is 1. The summed E-state index contributed by atoms with van der Waals surface area (Å²) in [4.78, 5) is 2.61. The number of likely N-dealkylation sites (tertiary alicyclic amines) is 1. The molecule has 1 aliphatic heterocycles. The molecular formula is C14H30N2O. The smallest absolute Gasteiger partial charge is 0.0628 e. The van der Waals surface area contributed by atoms with E-state index < -0.39 is 0 Å². The number of likely N-dealkylation sites (N-methyl/N-ethyl adjacent to an activating group) is 1. The van der Waals surface area contributed by atoms with Gasteiger partial charge in [-0.15, -0.1) is 0 Å². The Morgan fingerprint density at radius 1 is 1.35 bits per heavy atom. The highest BCUT2D eigenvalue weighted by Crippen LogP contribution is 2.21. The maximum atomic E-state index is 5.24. The fraction of sp³-hybridized carbons (Fsp3) is 1.00. The lowest BCUT2D eigenvalue weighted by Crippen LogP contribution is -2.42. The quantitative estimate of drug-likeness (QED) is 0.740. The second-order valence-electron chi connectivity index (χ2n) is 5.33. The maximum Gasteiger partial charge on any atom is 0.0628 e. The molecule has 3 nitrogen and oxygen atoms in total. The van der Waals surface area contributed by atoms with Crippen molar-refractivity contribution < 1.29 is 4.74 Å². The number of hydrogen-bond acceptors (Lipinski definition) is 3. The van der Waals surface area contributed by atoms with Gasteiger partial charge in [0.05, 0.1) is 6.61 Å². The van der Waals surface area contributed by atoms with E-state index in [1.54, 1.807) is 7.11 Å². The third kappa shape index (κ3) is 5.84. The molecule has 102 valence electrons. The standard InChI is InChI=1S/C14H30N2O/c1-4-6-13-7-5-9-16(10-8-13)11-14(15-2)12-17-3/h13-15H,4-12H2,1-3H3. The first-order chi connectivity index (χ1) is 8.30. The largest absolute Gasteiger partial charge is 0.383 e. The molecule has 0 aromatic carbocycles. The number of nitrogens with one attached hydrogen (secondary N) is 1. The molecule has 3 heteroatoms. The Balaban J connectivity index is 2.29. The molecule has 0 aromatic heterocycles. The highest BCUT2D eigenvalue weighted by atomic mass is 16.5. The SMILES string of the molecule is CCCC1CCCN(CC(COC)NC)CC1. The van der Waals surface area contributed by atoms with E-state index in [0.717, 1.165) is 19.1 Å². The van der Waals surface area contributed by atoms with Crippen molar-refractivity contribution in [3.05, 3.63) is 0 Å². The average Bonchev–Trinajstić information content (AvgIpc) is 2.55. The zero-order chi connectivity index (χ0) is 12.5. The Labute approximate surface area is 107 Å². The molecule has 1 heterocycles. The third-order valence-electron chi connectivity index (χ3n) is 3.89. The zero-order valence-corrected chi connectivity index (χ0v) is 11.9. The van der Waals surface area contributed by atoms with Crippen molar-refractivity contribution in [2.24, 2.45) is 5.92 Å². The molecule has 2 atom stereocenters. The summed E-state index contributed by atoms with van der Waals surface area (Å²) in [5.41, 5.74) is 0. The molecule has 0 saturated carbocycles. The minimum absolute atomic E-state index is 0.475. The summed E-state index contributed by atoms with van der Waals surface area (Å²) in [7, 11) is 3.81. The summed E-state index contributed by atoms with van der Waals surface area (Å²) >= 11 is 0. The summed E-state index contributed by atoms with van der Waals surface area (Å²) in [5.74, 6) is 0.973. The van der Waals surface area contributed by atoms with Gasteiger partial charge in [0.15, 0.2) is 0 Å². The summed E-state index contributed by atoms with van der Waals surface area (Å²) in [5, 5.41) is 3.34. The lowest BCUT2D eigenvalue weighted by molar-refractivity contribution is 0.142. The molecule has 1 fully saturated rings. The van der Waals surface area contributed by atoms with Crippen molar-refractivity contribution in [1.29, 1.82) is 0 Å². The molecule has 0 amide bonds. The first-order valence-corrected chi connectivity index (χ1v) is 7.18. The lowest BCUT2D eigenvalue weighted by Gasteiger charge is -2.25. The third-order valence-corrected chi connectivity index (χ3v) is 3.89. The molecule has 0 bridgehead atoms. The van der Waals surface area contributed by atoms with Crippen molar-refractivity contribution in [2.75, 3.05) is 40.4 Å². The van der Waals surface area contributed by atoms with Crippen LogP contribution in [-0.4, -0.2) is 51.3 Å². The van der Waals surface area contributed by atoms with Crippen molar-refractivity contribution in [3.8, 4) is 0 Å². The van der Waals surface area contributed by atoms with Gasteiger partial charge in [0.1, 0.15) is 0 Å². The van der Waals surface area contributed by atoms with Crippen LogP contribution < -0.4 is 5.32 Å². The molecule has 1 N–H and O–H groups in total. The Bertz CT molecular complexity index is 187. The molecule has 0 radical (unpaired) electrons. The van der Waals surface area contributed by atoms with Gasteiger partial charge >= 0.3 is 0 Å². The van der Waals surface area contributed by atoms with Crippen LogP contribution >= 0.6 is 0 Å². The lowest BCUT2D eigenvalue weighted by atomic mass is 9.96. The summed E-state index contributed by atoms with van der Waals surface area (Å²) in [6, 6.07) is 0.475. The zero-order valence-electron chi connectivity index (χ0n) is 11.9. The van der Waals surface area contributed by atoms with Crippen molar-refractivity contribution >= 4 is 0 Å². The van der Waals surface area contributed by atoms with Crippen molar-refractivity contribution in [1.82, 2.24) is 10.2 Å². The van der Waals surface area contributed by atoms with E-state index in [0.29, 0.717) is 6.04 Å². The Morgan fingerprint density at radius 2 is 2.18 bits per heavy atom. The molecule has 2 unspecified atom stereocenters. The maximum absolute atomic E-state index is 5.24. The van der Waals surface area contributed by atoms with E-state index in [-0.39, 0.29) is 0 Å². The number of hydrogen-bond donors (Lipinski definition) is 1. The fourth-order valence-electron chi connectivity index (χ4n) is 2.84. The first kappa shape index (κ1) is 14.9. The van der Waals surface area contributed by atoms with Crippen LogP contribution in [0, 0.1) is 5.92 Å². The van der Waals surface area contributed by atoms with Gasteiger partial charge in [0.2, 0.25) is 0 Å². The van der Waals surface area contributed by atoms with Gasteiger partial charge in [-0.05, 0) is 45.3 Å². The Hall–Kier alpha value is -0.120. The van der Waals surface area contributed by atoms with E-state index in [1.165, 1.54) is 45.2 Å². The van der Waals surface area contributed by atoms with Crippen LogP contribution in [0.1, 0.15) is 39.0 Å². The average molecular weight is 242 g/mol. The molecule has 0 aromatic rings. The van der Waals surface area contributed by atoms with Gasteiger partial charge in [-0.1, -0.05) is 19.8 Å². The summed E-state index contributed by atoms with van der Waals surface area (Å²) < 4.78 is 5.24. The van der Waals surface area contributed by atoms with Gasteiger partial charge < -0.3 is 15.0 Å². The molecular weight excluding hydrogens is 212 g/mol. The Morgan fingerprint density at radius 3 is 2.82 bits per heavy atom. The van der Waals surface area contributed by atoms with Gasteiger partial charge in [-0.3, -0.25) is 0 Å². The molecule has 17 heavy (non-hydrogen) atoms. The van der Waals surface area contributed by atoms with Crippen molar-refractivity contribution in [2.45, 2.75) is 45.1 Å². The number of rotatable bonds is 7. The van der Waals surface area contributed by atoms with Crippen molar-refractivity contribution in [3.63, 3.8) is 0 Å². The minimum Gasteiger partial charge on any atom is -0.383 e. The van der Waals surface area contributed by atoms with E-state index >= 15 is 0 Å². The van der Waals surface area contributed by atoms with Gasteiger partial charge in [0.25, 0.3) is 0 Å². The van der Waals surface area contributed by atoms with Crippen LogP contribution in [0.2, 0.25) is 0 Å². The highest BCUT2D eigenvalue weighted by molar-refractivity contribution is 4.75. The van der Waals surface area contributed by atoms with Crippen LogP contribution in [-0.2, 0) is 4.74 Å². The second-order valence-corrected chi connectivity index (χ2v) is 5.33. The van der Waals surface area contributed by atoms with Crippen LogP contribution in [0.3, 0.4) is 0 Å². The molecule has 1 aliphatic rings. The Kier molecular flexibility index (Phi) is 7.82. The van der Waals surface area contributed by atoms with Crippen LogP contribution in [0.5, 0.6) is 0 Å². The predicted molar refractivity (Wildman–Crippen MR) is 73.4 cm³/mol. The molecule has 1 saturated heterocycles. The monoisotopic (exact) mass is 242 g/mol. The van der Waals surface area contributed by atoms with E-state index in [2.05, 4.69) is 17.1 Å².